The predicted octanol–water partition coefficient (Wildman–Crippen LogP) is 8.20. The summed E-state index contributed by atoms with van der Waals surface area (Å²) < 4.78 is 29.5. The normalized spacial score (nSPS) is 16.0. The number of thioether (sulfide) groups is 1. The molecule has 0 saturated carbocycles. The Morgan fingerprint density at radius 2 is 1.72 bits per heavy atom. The summed E-state index contributed by atoms with van der Waals surface area (Å²) in [4.78, 5) is 33.0. The molecule has 7 rings (SSSR count). The van der Waals surface area contributed by atoms with Gasteiger partial charge in [0.25, 0.3) is 21.6 Å². The molecule has 0 spiro atoms. The van der Waals surface area contributed by atoms with Crippen LogP contribution in [-0.4, -0.2) is 87.2 Å². The first-order chi connectivity index (χ1) is 27.9. The smallest absolute Gasteiger partial charge is 0.293 e. The van der Waals surface area contributed by atoms with E-state index in [1.165, 1.54) is 23.3 Å². The second kappa shape index (κ2) is 18.3. The van der Waals surface area contributed by atoms with E-state index in [-0.39, 0.29) is 33.9 Å². The van der Waals surface area contributed by atoms with Crippen molar-refractivity contribution in [3.05, 3.63) is 147 Å². The van der Waals surface area contributed by atoms with Crippen LogP contribution in [0.2, 0.25) is 5.02 Å². The van der Waals surface area contributed by atoms with Crippen LogP contribution in [0.1, 0.15) is 34.3 Å². The number of nitrogens with one attached hydrogen (secondary N) is 2. The summed E-state index contributed by atoms with van der Waals surface area (Å²) in [6.45, 7) is 3.98. The number of amides is 1. The van der Waals surface area contributed by atoms with E-state index in [0.29, 0.717) is 23.6 Å². The second-order valence-electron chi connectivity index (χ2n) is 15.0. The Bertz CT molecular complexity index is 2360. The molecule has 0 unspecified atom stereocenters. The van der Waals surface area contributed by atoms with Crippen molar-refractivity contribution in [2.75, 3.05) is 56.2 Å². The van der Waals surface area contributed by atoms with Gasteiger partial charge in [-0.3, -0.25) is 19.8 Å². The number of piperazine rings is 1. The lowest BCUT2D eigenvalue weighted by Gasteiger charge is -2.46. The van der Waals surface area contributed by atoms with Crippen LogP contribution < -0.4 is 14.9 Å². The van der Waals surface area contributed by atoms with E-state index in [9.17, 15) is 23.3 Å². The number of benzene rings is 5. The molecular formula is C44H47ClN6O5S2. The van der Waals surface area contributed by atoms with Gasteiger partial charge < -0.3 is 15.1 Å². The van der Waals surface area contributed by atoms with Crippen LogP contribution in [0, 0.1) is 10.1 Å². The van der Waals surface area contributed by atoms with Crippen LogP contribution in [0.3, 0.4) is 0 Å². The summed E-state index contributed by atoms with van der Waals surface area (Å²) in [6, 6.07) is 35.5. The third kappa shape index (κ3) is 9.84. The molecule has 1 fully saturated rings. The van der Waals surface area contributed by atoms with E-state index < -0.39 is 20.9 Å². The second-order valence-corrected chi connectivity index (χ2v) is 18.2. The lowest BCUT2D eigenvalue weighted by atomic mass is 9.90. The average molecular weight is 839 g/mol. The third-order valence-electron chi connectivity index (χ3n) is 10.7. The fourth-order valence-electron chi connectivity index (χ4n) is 7.80. The van der Waals surface area contributed by atoms with E-state index in [4.69, 9.17) is 11.6 Å². The SMILES string of the molecule is CN(C)CC[C@H](CSc1ccccc1)Nc1ccc(S(=O)(=O)NC(=O)c2cccc3c2CC[C@H]2CN(Cc4ccccc4-c4ccc(Cl)cc4)CCN32)cc1[N+](=O)[O-]. The first-order valence-corrected chi connectivity index (χ1v) is 22.2. The molecule has 0 bridgehead atoms. The van der Waals surface area contributed by atoms with E-state index in [1.807, 2.05) is 79.7 Å². The zero-order valence-electron chi connectivity index (χ0n) is 32.5. The number of fused-ring (bicyclic) bond motifs is 3. The summed E-state index contributed by atoms with van der Waals surface area (Å²) in [6.07, 6.45) is 2.12. The van der Waals surface area contributed by atoms with Gasteiger partial charge in [-0.05, 0) is 111 Å². The van der Waals surface area contributed by atoms with Crippen LogP contribution in [0.5, 0.6) is 0 Å². The molecule has 2 atom stereocenters. The Morgan fingerprint density at radius 1 is 0.966 bits per heavy atom. The first kappa shape index (κ1) is 41.2. The van der Waals surface area contributed by atoms with Gasteiger partial charge in [-0.15, -0.1) is 11.8 Å². The fraction of sp³-hybridized carbons (Fsp3) is 0.295. The highest BCUT2D eigenvalue weighted by Gasteiger charge is 2.34. The van der Waals surface area contributed by atoms with Crippen molar-refractivity contribution >= 4 is 56.4 Å². The van der Waals surface area contributed by atoms with Crippen molar-refractivity contribution in [1.29, 1.82) is 0 Å². The minimum atomic E-state index is -4.46. The van der Waals surface area contributed by atoms with E-state index in [2.05, 4.69) is 44.1 Å². The number of nitro benzene ring substituents is 1. The van der Waals surface area contributed by atoms with Crippen molar-refractivity contribution < 1.29 is 18.1 Å². The van der Waals surface area contributed by atoms with Gasteiger partial charge in [0.15, 0.2) is 0 Å². The van der Waals surface area contributed by atoms with E-state index >= 15 is 0 Å². The molecule has 2 N–H and O–H groups in total. The largest absolute Gasteiger partial charge is 0.376 e. The number of halogens is 1. The van der Waals surface area contributed by atoms with Crippen LogP contribution in [0.25, 0.3) is 11.1 Å². The average Bonchev–Trinajstić information content (AvgIpc) is 3.22. The van der Waals surface area contributed by atoms with Gasteiger partial charge in [0.1, 0.15) is 5.69 Å². The highest BCUT2D eigenvalue weighted by atomic mass is 35.5. The lowest BCUT2D eigenvalue weighted by molar-refractivity contribution is -0.384. The van der Waals surface area contributed by atoms with Crippen molar-refractivity contribution in [1.82, 2.24) is 14.5 Å². The summed E-state index contributed by atoms with van der Waals surface area (Å²) in [5.41, 5.74) is 5.40. The van der Waals surface area contributed by atoms with Gasteiger partial charge in [-0.1, -0.05) is 72.3 Å². The maximum absolute atomic E-state index is 13.8. The molecule has 5 aromatic carbocycles. The van der Waals surface area contributed by atoms with Crippen LogP contribution >= 0.6 is 23.4 Å². The molecule has 58 heavy (non-hydrogen) atoms. The van der Waals surface area contributed by atoms with Gasteiger partial charge >= 0.3 is 0 Å². The summed E-state index contributed by atoms with van der Waals surface area (Å²) in [5, 5.41) is 16.3. The van der Waals surface area contributed by atoms with Crippen LogP contribution in [0.4, 0.5) is 17.1 Å². The number of carbonyl (C=O) groups is 1. The number of nitrogens with zero attached hydrogens (tertiary/aromatic N) is 4. The first-order valence-electron chi connectivity index (χ1n) is 19.3. The monoisotopic (exact) mass is 838 g/mol. The van der Waals surface area contributed by atoms with Gasteiger partial charge in [0.05, 0.1) is 9.82 Å². The van der Waals surface area contributed by atoms with Gasteiger partial charge in [0, 0.05) is 71.3 Å². The Labute approximate surface area is 349 Å². The highest BCUT2D eigenvalue weighted by Crippen LogP contribution is 2.36. The molecule has 2 aliphatic rings. The molecule has 302 valence electrons. The molecule has 2 heterocycles. The number of carbonyl (C=O) groups excluding carboxylic acids is 1. The Morgan fingerprint density at radius 3 is 2.48 bits per heavy atom. The quantitative estimate of drug-likeness (QED) is 0.0605. The van der Waals surface area contributed by atoms with Crippen molar-refractivity contribution in [2.45, 2.75) is 47.7 Å². The Kier molecular flexibility index (Phi) is 13.0. The van der Waals surface area contributed by atoms with Crippen molar-refractivity contribution in [3.63, 3.8) is 0 Å². The molecule has 0 aliphatic carbocycles. The van der Waals surface area contributed by atoms with Crippen molar-refractivity contribution in [2.24, 2.45) is 0 Å². The van der Waals surface area contributed by atoms with E-state index in [1.54, 1.807) is 23.9 Å². The van der Waals surface area contributed by atoms with Gasteiger partial charge in [0.2, 0.25) is 0 Å². The van der Waals surface area contributed by atoms with E-state index in [0.717, 1.165) is 66.9 Å². The third-order valence-corrected chi connectivity index (χ3v) is 13.5. The molecule has 1 saturated heterocycles. The summed E-state index contributed by atoms with van der Waals surface area (Å²) >= 11 is 7.80. The van der Waals surface area contributed by atoms with Gasteiger partial charge in [-0.25, -0.2) is 13.1 Å². The highest BCUT2D eigenvalue weighted by molar-refractivity contribution is 7.99. The summed E-state index contributed by atoms with van der Waals surface area (Å²) in [5.74, 6) is -0.123. The molecule has 0 aromatic heterocycles. The predicted molar refractivity (Wildman–Crippen MR) is 234 cm³/mol. The lowest BCUT2D eigenvalue weighted by Crippen LogP contribution is -2.55. The molecule has 11 nitrogen and oxygen atoms in total. The number of sulfonamides is 1. The maximum Gasteiger partial charge on any atom is 0.293 e. The Hall–Kier alpha value is -4.92. The zero-order chi connectivity index (χ0) is 40.8. The maximum atomic E-state index is 13.8. The minimum absolute atomic E-state index is 0.142. The number of hydrogen-bond donors (Lipinski definition) is 2. The number of anilines is 2. The number of hydrogen-bond acceptors (Lipinski definition) is 10. The molecule has 5 aromatic rings. The molecular weight excluding hydrogens is 792 g/mol. The topological polar surface area (TPSA) is 128 Å². The Balaban J connectivity index is 1.03. The van der Waals surface area contributed by atoms with Crippen LogP contribution in [0.15, 0.2) is 125 Å². The minimum Gasteiger partial charge on any atom is -0.376 e. The molecule has 14 heteroatoms. The molecule has 0 radical (unpaired) electrons. The fourth-order valence-corrected chi connectivity index (χ4v) is 9.91. The molecule has 2 aliphatic heterocycles. The van der Waals surface area contributed by atoms with Crippen molar-refractivity contribution in [3.8, 4) is 11.1 Å². The summed E-state index contributed by atoms with van der Waals surface area (Å²) in [7, 11) is -0.528. The molecule has 1 amide bonds. The standard InChI is InChI=1S/C44H47ClN6O5S2/c1-48(2)24-23-34(30-57-36-10-4-3-5-11-36)46-41-22-20-37(27-43(41)51(53)54)58(55,56)47-44(52)40-13-8-14-42-39(40)21-19-35-29-49(25-26-50(35)42)28-32-9-6-7-12-38(32)31-15-17-33(45)18-16-31/h3-18,20,22,27,34-35,46H,19,21,23-26,28-30H2,1-2H3,(H,47,52)/t34-,35+/m1/s1. The number of nitro groups is 1. The number of rotatable bonds is 15. The zero-order valence-corrected chi connectivity index (χ0v) is 34.9. The van der Waals surface area contributed by atoms with Crippen LogP contribution in [-0.2, 0) is 23.0 Å². The van der Waals surface area contributed by atoms with Gasteiger partial charge in [-0.2, -0.15) is 0 Å².